The molecule has 1 fully saturated rings. The zero-order valence-corrected chi connectivity index (χ0v) is 12.3. The van der Waals surface area contributed by atoms with Gasteiger partial charge in [-0.1, -0.05) is 0 Å². The molecule has 0 saturated carbocycles. The number of fused-ring (bicyclic) bond motifs is 3. The zero-order chi connectivity index (χ0) is 12.7. The number of halogens is 1. The first-order valence-electron chi connectivity index (χ1n) is 6.52. The number of nitrogens with zero attached hydrogens (tertiary/aromatic N) is 2. The van der Waals surface area contributed by atoms with Gasteiger partial charge in [0.05, 0.1) is 11.1 Å². The molecule has 18 heavy (non-hydrogen) atoms. The molecular formula is C13H18BrN3O. The molecule has 0 aliphatic carbocycles. The highest BCUT2D eigenvalue weighted by Crippen LogP contribution is 2.38. The molecule has 2 atom stereocenters. The number of rotatable bonds is 2. The number of ether oxygens (including phenoxy) is 1. The first kappa shape index (κ1) is 12.2. The van der Waals surface area contributed by atoms with Crippen molar-refractivity contribution in [2.75, 3.05) is 24.6 Å². The summed E-state index contributed by atoms with van der Waals surface area (Å²) in [4.78, 5) is 7.15. The molecule has 2 aliphatic heterocycles. The Labute approximate surface area is 116 Å². The van der Waals surface area contributed by atoms with Crippen molar-refractivity contribution in [3.8, 4) is 5.88 Å². The van der Waals surface area contributed by atoms with Gasteiger partial charge >= 0.3 is 0 Å². The van der Waals surface area contributed by atoms with Crippen LogP contribution in [0.25, 0.3) is 0 Å². The minimum atomic E-state index is 0.494. The summed E-state index contributed by atoms with van der Waals surface area (Å²) < 4.78 is 6.54. The first-order valence-corrected chi connectivity index (χ1v) is 7.31. The standard InChI is InChI=1S/C13H18BrN3O/c1-3-18-13-11(14)5-9-4-10-7-15-6-8(2)17(10)12(9)16-13/h5,8,10,15H,3-4,6-7H2,1-2H3/t8-,10-/m1/s1. The van der Waals surface area contributed by atoms with E-state index in [-0.39, 0.29) is 0 Å². The van der Waals surface area contributed by atoms with Crippen molar-refractivity contribution in [1.82, 2.24) is 10.3 Å². The molecule has 4 nitrogen and oxygen atoms in total. The molecule has 5 heteroatoms. The summed E-state index contributed by atoms with van der Waals surface area (Å²) in [7, 11) is 0. The van der Waals surface area contributed by atoms with Gasteiger partial charge in [-0.25, -0.2) is 0 Å². The first-order chi connectivity index (χ1) is 8.70. The van der Waals surface area contributed by atoms with Crippen LogP contribution in [0.2, 0.25) is 0 Å². The molecule has 0 bridgehead atoms. The molecule has 1 aromatic rings. The Hall–Kier alpha value is -0.810. The third-order valence-electron chi connectivity index (χ3n) is 3.67. The topological polar surface area (TPSA) is 37.4 Å². The third-order valence-corrected chi connectivity index (χ3v) is 4.24. The summed E-state index contributed by atoms with van der Waals surface area (Å²) in [6.07, 6.45) is 1.07. The molecule has 1 aromatic heterocycles. The van der Waals surface area contributed by atoms with Crippen LogP contribution in [-0.2, 0) is 6.42 Å². The van der Waals surface area contributed by atoms with Gasteiger partial charge in [0, 0.05) is 25.2 Å². The van der Waals surface area contributed by atoms with Gasteiger partial charge in [-0.2, -0.15) is 4.98 Å². The third kappa shape index (κ3) is 1.89. The lowest BCUT2D eigenvalue weighted by Crippen LogP contribution is -2.55. The van der Waals surface area contributed by atoms with E-state index in [0.29, 0.717) is 24.6 Å². The minimum Gasteiger partial charge on any atom is -0.477 e. The average molecular weight is 312 g/mol. The zero-order valence-electron chi connectivity index (χ0n) is 10.7. The van der Waals surface area contributed by atoms with Gasteiger partial charge in [-0.15, -0.1) is 0 Å². The Morgan fingerprint density at radius 3 is 3.17 bits per heavy atom. The van der Waals surface area contributed by atoms with Crippen molar-refractivity contribution in [2.24, 2.45) is 0 Å². The lowest BCUT2D eigenvalue weighted by atomic mass is 10.1. The minimum absolute atomic E-state index is 0.494. The van der Waals surface area contributed by atoms with Crippen LogP contribution >= 0.6 is 15.9 Å². The molecule has 0 amide bonds. The summed E-state index contributed by atoms with van der Waals surface area (Å²) in [5, 5.41) is 3.48. The number of aromatic nitrogens is 1. The van der Waals surface area contributed by atoms with E-state index < -0.39 is 0 Å². The van der Waals surface area contributed by atoms with E-state index in [1.165, 1.54) is 5.56 Å². The normalized spacial score (nSPS) is 25.8. The summed E-state index contributed by atoms with van der Waals surface area (Å²) in [5.41, 5.74) is 1.32. The van der Waals surface area contributed by atoms with E-state index in [2.05, 4.69) is 39.1 Å². The van der Waals surface area contributed by atoms with E-state index in [1.807, 2.05) is 6.92 Å². The molecular weight excluding hydrogens is 294 g/mol. The molecule has 0 aromatic carbocycles. The molecule has 1 saturated heterocycles. The monoisotopic (exact) mass is 311 g/mol. The van der Waals surface area contributed by atoms with Crippen molar-refractivity contribution >= 4 is 21.7 Å². The van der Waals surface area contributed by atoms with Crippen molar-refractivity contribution < 1.29 is 4.74 Å². The van der Waals surface area contributed by atoms with Crippen LogP contribution in [0.4, 0.5) is 5.82 Å². The maximum Gasteiger partial charge on any atom is 0.229 e. The number of anilines is 1. The smallest absolute Gasteiger partial charge is 0.229 e. The number of piperazine rings is 1. The number of hydrogen-bond donors (Lipinski definition) is 1. The fraction of sp³-hybridized carbons (Fsp3) is 0.615. The summed E-state index contributed by atoms with van der Waals surface area (Å²) in [6.45, 7) is 6.95. The second-order valence-corrected chi connectivity index (χ2v) is 5.82. The van der Waals surface area contributed by atoms with Crippen LogP contribution in [0.15, 0.2) is 10.5 Å². The SMILES string of the molecule is CCOc1nc2c(cc1Br)C[C@@H]1CNC[C@@H](C)N21. The second kappa shape index (κ2) is 4.70. The fourth-order valence-corrected chi connectivity index (χ4v) is 3.41. The lowest BCUT2D eigenvalue weighted by molar-refractivity contribution is 0.324. The quantitative estimate of drug-likeness (QED) is 0.906. The maximum atomic E-state index is 5.58. The van der Waals surface area contributed by atoms with Crippen LogP contribution < -0.4 is 15.0 Å². The van der Waals surface area contributed by atoms with Gasteiger partial charge in [0.25, 0.3) is 0 Å². The Bertz CT molecular complexity index is 466. The van der Waals surface area contributed by atoms with Gasteiger partial charge < -0.3 is 15.0 Å². The Morgan fingerprint density at radius 2 is 2.39 bits per heavy atom. The summed E-state index contributed by atoms with van der Waals surface area (Å²) in [6, 6.07) is 3.20. The molecule has 0 spiro atoms. The summed E-state index contributed by atoms with van der Waals surface area (Å²) in [5.74, 6) is 1.82. The highest BCUT2D eigenvalue weighted by atomic mass is 79.9. The van der Waals surface area contributed by atoms with Gasteiger partial charge in [-0.05, 0) is 47.8 Å². The van der Waals surface area contributed by atoms with E-state index in [4.69, 9.17) is 9.72 Å². The molecule has 0 unspecified atom stereocenters. The second-order valence-electron chi connectivity index (χ2n) is 4.96. The van der Waals surface area contributed by atoms with Gasteiger partial charge in [0.1, 0.15) is 5.82 Å². The largest absolute Gasteiger partial charge is 0.477 e. The van der Waals surface area contributed by atoms with E-state index in [9.17, 15) is 0 Å². The number of nitrogens with one attached hydrogen (secondary N) is 1. The number of hydrogen-bond acceptors (Lipinski definition) is 4. The molecule has 3 heterocycles. The predicted octanol–water partition coefficient (Wildman–Crippen LogP) is 1.97. The van der Waals surface area contributed by atoms with Crippen molar-refractivity contribution in [2.45, 2.75) is 32.4 Å². The van der Waals surface area contributed by atoms with Crippen LogP contribution in [0.5, 0.6) is 5.88 Å². The van der Waals surface area contributed by atoms with Crippen molar-refractivity contribution in [3.05, 3.63) is 16.1 Å². The molecule has 2 aliphatic rings. The van der Waals surface area contributed by atoms with Crippen LogP contribution in [0, 0.1) is 0 Å². The highest BCUT2D eigenvalue weighted by Gasteiger charge is 2.36. The van der Waals surface area contributed by atoms with Gasteiger partial charge in [0.15, 0.2) is 0 Å². The van der Waals surface area contributed by atoms with E-state index in [1.54, 1.807) is 0 Å². The molecule has 0 radical (unpaired) electrons. The number of pyridine rings is 1. The Kier molecular flexibility index (Phi) is 3.20. The molecule has 1 N–H and O–H groups in total. The molecule has 98 valence electrons. The van der Waals surface area contributed by atoms with E-state index >= 15 is 0 Å². The van der Waals surface area contributed by atoms with Gasteiger partial charge in [-0.3, -0.25) is 0 Å². The van der Waals surface area contributed by atoms with Gasteiger partial charge in [0.2, 0.25) is 5.88 Å². The molecule has 3 rings (SSSR count). The highest BCUT2D eigenvalue weighted by molar-refractivity contribution is 9.10. The van der Waals surface area contributed by atoms with Crippen LogP contribution in [0.1, 0.15) is 19.4 Å². The Balaban J connectivity index is 2.00. The predicted molar refractivity (Wildman–Crippen MR) is 75.4 cm³/mol. The lowest BCUT2D eigenvalue weighted by Gasteiger charge is -2.37. The van der Waals surface area contributed by atoms with E-state index in [0.717, 1.165) is 29.8 Å². The fourth-order valence-electron chi connectivity index (χ4n) is 2.93. The maximum absolute atomic E-state index is 5.58. The van der Waals surface area contributed by atoms with Crippen LogP contribution in [-0.4, -0.2) is 36.8 Å². The average Bonchev–Trinajstić information content (AvgIpc) is 2.68. The Morgan fingerprint density at radius 1 is 1.56 bits per heavy atom. The van der Waals surface area contributed by atoms with Crippen molar-refractivity contribution in [3.63, 3.8) is 0 Å². The van der Waals surface area contributed by atoms with Crippen molar-refractivity contribution in [1.29, 1.82) is 0 Å². The van der Waals surface area contributed by atoms with Crippen LogP contribution in [0.3, 0.4) is 0 Å². The summed E-state index contributed by atoms with van der Waals surface area (Å²) >= 11 is 3.54.